The van der Waals surface area contributed by atoms with Gasteiger partial charge >= 0.3 is 0 Å². The third kappa shape index (κ3) is 4.59. The summed E-state index contributed by atoms with van der Waals surface area (Å²) in [5.74, 6) is -0.360. The van der Waals surface area contributed by atoms with Gasteiger partial charge in [0, 0.05) is 25.9 Å². The van der Waals surface area contributed by atoms with E-state index < -0.39 is 0 Å². The zero-order chi connectivity index (χ0) is 17.8. The van der Waals surface area contributed by atoms with Gasteiger partial charge in [-0.1, -0.05) is 34.9 Å². The Morgan fingerprint density at radius 1 is 0.880 bits per heavy atom. The average molecular weight is 401 g/mol. The molecule has 0 bridgehead atoms. The van der Waals surface area contributed by atoms with Gasteiger partial charge in [0.1, 0.15) is 0 Å². The summed E-state index contributed by atoms with van der Waals surface area (Å²) in [6, 6.07) is 0. The van der Waals surface area contributed by atoms with Crippen molar-refractivity contribution < 1.29 is 19.2 Å². The standard InChI is InChI=1S/C14H16N4O4S3/c19-9-3-1-5-17(9)11(21)7-23-13-15-16-14(25-13)24-8-12(22)18-6-2-4-10(18)20/h1-8H2. The second-order valence-corrected chi connectivity index (χ2v) is 8.92. The van der Waals surface area contributed by atoms with Gasteiger partial charge in [0.2, 0.25) is 23.6 Å². The maximum absolute atomic E-state index is 12.0. The molecule has 0 aliphatic carbocycles. The number of nitrogens with zero attached hydrogens (tertiary/aromatic N) is 4. The molecule has 0 N–H and O–H groups in total. The van der Waals surface area contributed by atoms with Gasteiger partial charge in [-0.05, 0) is 12.8 Å². The van der Waals surface area contributed by atoms with Crippen molar-refractivity contribution in [3.8, 4) is 0 Å². The van der Waals surface area contributed by atoms with Crippen LogP contribution in [0, 0.1) is 0 Å². The minimum Gasteiger partial charge on any atom is -0.282 e. The Morgan fingerprint density at radius 3 is 1.68 bits per heavy atom. The van der Waals surface area contributed by atoms with Crippen molar-refractivity contribution >= 4 is 58.5 Å². The van der Waals surface area contributed by atoms with Crippen molar-refractivity contribution in [2.75, 3.05) is 24.6 Å². The number of hydrogen-bond acceptors (Lipinski definition) is 9. The largest absolute Gasteiger partial charge is 0.282 e. The first kappa shape index (κ1) is 18.3. The van der Waals surface area contributed by atoms with Gasteiger partial charge < -0.3 is 0 Å². The number of imide groups is 2. The predicted octanol–water partition coefficient (Wildman–Crippen LogP) is 1.02. The van der Waals surface area contributed by atoms with E-state index in [1.807, 2.05) is 0 Å². The van der Waals surface area contributed by atoms with Crippen molar-refractivity contribution in [2.45, 2.75) is 34.4 Å². The third-order valence-electron chi connectivity index (χ3n) is 3.78. The monoisotopic (exact) mass is 400 g/mol. The molecular formula is C14H16N4O4S3. The summed E-state index contributed by atoms with van der Waals surface area (Å²) in [5, 5.41) is 7.97. The SMILES string of the molecule is O=C1CCCN1C(=O)CSc1nnc(SCC(=O)N2CCCC2=O)s1. The molecule has 11 heteroatoms. The van der Waals surface area contributed by atoms with Crippen molar-refractivity contribution in [3.05, 3.63) is 0 Å². The Bertz CT molecular complexity index is 652. The Labute approximate surface area is 156 Å². The summed E-state index contributed by atoms with van der Waals surface area (Å²) < 4.78 is 1.24. The Hall–Kier alpha value is -1.46. The van der Waals surface area contributed by atoms with Crippen LogP contribution in [0.25, 0.3) is 0 Å². The Balaban J connectivity index is 1.44. The first-order valence-electron chi connectivity index (χ1n) is 7.80. The molecule has 3 heterocycles. The number of aromatic nitrogens is 2. The molecule has 0 atom stereocenters. The highest BCUT2D eigenvalue weighted by Crippen LogP contribution is 2.29. The zero-order valence-electron chi connectivity index (χ0n) is 13.3. The number of amides is 4. The first-order chi connectivity index (χ1) is 12.0. The second kappa shape index (κ2) is 8.28. The number of hydrogen-bond donors (Lipinski definition) is 0. The van der Waals surface area contributed by atoms with E-state index in [4.69, 9.17) is 0 Å². The van der Waals surface area contributed by atoms with E-state index in [1.165, 1.54) is 44.7 Å². The summed E-state index contributed by atoms with van der Waals surface area (Å²) in [6.45, 7) is 0.986. The van der Waals surface area contributed by atoms with Crippen LogP contribution in [0.5, 0.6) is 0 Å². The molecule has 2 aliphatic heterocycles. The van der Waals surface area contributed by atoms with Gasteiger partial charge in [-0.25, -0.2) is 0 Å². The molecular weight excluding hydrogens is 384 g/mol. The molecule has 0 spiro atoms. The molecule has 2 aliphatic rings. The van der Waals surface area contributed by atoms with Crippen LogP contribution in [0.2, 0.25) is 0 Å². The van der Waals surface area contributed by atoms with Crippen molar-refractivity contribution in [1.29, 1.82) is 0 Å². The van der Waals surface area contributed by atoms with Gasteiger partial charge in [-0.15, -0.1) is 10.2 Å². The molecule has 0 saturated carbocycles. The number of carbonyl (C=O) groups is 4. The van der Waals surface area contributed by atoms with Gasteiger partial charge in [0.15, 0.2) is 8.68 Å². The van der Waals surface area contributed by atoms with Crippen molar-refractivity contribution in [2.24, 2.45) is 0 Å². The second-order valence-electron chi connectivity index (χ2n) is 5.50. The number of likely N-dealkylation sites (tertiary alicyclic amines) is 2. The smallest absolute Gasteiger partial charge is 0.239 e. The molecule has 25 heavy (non-hydrogen) atoms. The molecule has 134 valence electrons. The van der Waals surface area contributed by atoms with Crippen LogP contribution in [0.4, 0.5) is 0 Å². The molecule has 0 unspecified atom stereocenters. The summed E-state index contributed by atoms with van der Waals surface area (Å²) in [4.78, 5) is 49.6. The van der Waals surface area contributed by atoms with E-state index in [2.05, 4.69) is 10.2 Å². The normalized spacial score (nSPS) is 17.6. The van der Waals surface area contributed by atoms with E-state index in [9.17, 15) is 19.2 Å². The minimum atomic E-state index is -0.209. The fourth-order valence-corrected chi connectivity index (χ4v) is 5.31. The van der Waals surface area contributed by atoms with E-state index in [0.717, 1.165) is 12.8 Å². The van der Waals surface area contributed by atoms with Crippen molar-refractivity contribution in [3.63, 3.8) is 0 Å². The number of rotatable bonds is 6. The van der Waals surface area contributed by atoms with Crippen LogP contribution in [-0.4, -0.2) is 68.2 Å². The maximum Gasteiger partial charge on any atom is 0.239 e. The minimum absolute atomic E-state index is 0.117. The van der Waals surface area contributed by atoms with Gasteiger partial charge in [-0.3, -0.25) is 29.0 Å². The van der Waals surface area contributed by atoms with Crippen LogP contribution < -0.4 is 0 Å². The molecule has 3 rings (SSSR count). The molecule has 1 aromatic rings. The predicted molar refractivity (Wildman–Crippen MR) is 93.3 cm³/mol. The first-order valence-corrected chi connectivity index (χ1v) is 10.6. The highest BCUT2D eigenvalue weighted by Gasteiger charge is 2.27. The van der Waals surface area contributed by atoms with E-state index in [-0.39, 0.29) is 35.1 Å². The Morgan fingerprint density at radius 2 is 1.32 bits per heavy atom. The molecule has 0 aromatic carbocycles. The molecule has 8 nitrogen and oxygen atoms in total. The third-order valence-corrected chi connectivity index (χ3v) is 6.93. The summed E-state index contributed by atoms with van der Waals surface area (Å²) in [5.41, 5.74) is 0. The summed E-state index contributed by atoms with van der Waals surface area (Å²) in [6.07, 6.45) is 2.32. The quantitative estimate of drug-likeness (QED) is 0.653. The van der Waals surface area contributed by atoms with E-state index in [0.29, 0.717) is 34.6 Å². The fourth-order valence-electron chi connectivity index (χ4n) is 2.54. The van der Waals surface area contributed by atoms with Gasteiger partial charge in [0.25, 0.3) is 0 Å². The lowest BCUT2D eigenvalue weighted by Gasteiger charge is -2.12. The van der Waals surface area contributed by atoms with Crippen LogP contribution in [-0.2, 0) is 19.2 Å². The highest BCUT2D eigenvalue weighted by molar-refractivity contribution is 8.03. The van der Waals surface area contributed by atoms with Gasteiger partial charge in [0.05, 0.1) is 11.5 Å². The van der Waals surface area contributed by atoms with Crippen LogP contribution in [0.3, 0.4) is 0 Å². The van der Waals surface area contributed by atoms with Gasteiger partial charge in [-0.2, -0.15) is 0 Å². The fraction of sp³-hybridized carbons (Fsp3) is 0.571. The number of carbonyl (C=O) groups excluding carboxylic acids is 4. The van der Waals surface area contributed by atoms with E-state index >= 15 is 0 Å². The lowest BCUT2D eigenvalue weighted by atomic mass is 10.4. The highest BCUT2D eigenvalue weighted by atomic mass is 32.2. The maximum atomic E-state index is 12.0. The molecule has 1 aromatic heterocycles. The van der Waals surface area contributed by atoms with E-state index in [1.54, 1.807) is 0 Å². The zero-order valence-corrected chi connectivity index (χ0v) is 15.8. The molecule has 4 amide bonds. The van der Waals surface area contributed by atoms with Crippen LogP contribution in [0.15, 0.2) is 8.68 Å². The summed E-state index contributed by atoms with van der Waals surface area (Å²) in [7, 11) is 0. The molecule has 2 saturated heterocycles. The molecule has 0 radical (unpaired) electrons. The number of thioether (sulfide) groups is 2. The topological polar surface area (TPSA) is 101 Å². The average Bonchev–Trinajstić information content (AvgIpc) is 3.31. The van der Waals surface area contributed by atoms with Crippen LogP contribution in [0.1, 0.15) is 25.7 Å². The lowest BCUT2D eigenvalue weighted by molar-refractivity contribution is -0.141. The van der Waals surface area contributed by atoms with Crippen molar-refractivity contribution in [1.82, 2.24) is 20.0 Å². The molecule has 2 fully saturated rings. The summed E-state index contributed by atoms with van der Waals surface area (Å²) >= 11 is 3.77. The lowest BCUT2D eigenvalue weighted by Crippen LogP contribution is -2.33. The Kier molecular flexibility index (Phi) is 6.07. The van der Waals surface area contributed by atoms with Crippen LogP contribution >= 0.6 is 34.9 Å².